The summed E-state index contributed by atoms with van der Waals surface area (Å²) in [5.74, 6) is 0.873. The molecule has 0 saturated heterocycles. The van der Waals surface area contributed by atoms with Gasteiger partial charge in [0.2, 0.25) is 5.91 Å². The molecule has 0 bridgehead atoms. The van der Waals surface area contributed by atoms with E-state index in [1.54, 1.807) is 6.08 Å². The van der Waals surface area contributed by atoms with Crippen molar-refractivity contribution in [1.29, 1.82) is 0 Å². The summed E-state index contributed by atoms with van der Waals surface area (Å²) in [5, 5.41) is 0. The number of amides is 1. The summed E-state index contributed by atoms with van der Waals surface area (Å²) in [6, 6.07) is 7.36. The highest BCUT2D eigenvalue weighted by Gasteiger charge is 2.15. The number of carbonyl (C=O) groups is 1. The summed E-state index contributed by atoms with van der Waals surface area (Å²) >= 11 is 0. The Labute approximate surface area is 118 Å². The SMILES string of the molecule is COP(=O)(/C=C/c1cccc(COCC(N)=O)c1)OC. The standard InChI is InChI=1S/C13H18NO5P/c1-17-20(16,18-2)7-6-11-4-3-5-12(8-11)9-19-10-13(14)15/h3-8H,9-10H2,1-2H3,(H2,14,15)/b7-6+. The van der Waals surface area contributed by atoms with Crippen LogP contribution in [0.25, 0.3) is 6.08 Å². The summed E-state index contributed by atoms with van der Waals surface area (Å²) in [5.41, 5.74) is 6.67. The van der Waals surface area contributed by atoms with Crippen molar-refractivity contribution in [3.8, 4) is 0 Å². The van der Waals surface area contributed by atoms with Gasteiger partial charge in [-0.1, -0.05) is 18.2 Å². The fraction of sp³-hybridized carbons (Fsp3) is 0.308. The Bertz CT molecular complexity index is 521. The van der Waals surface area contributed by atoms with Gasteiger partial charge in [-0.25, -0.2) is 0 Å². The zero-order valence-electron chi connectivity index (χ0n) is 11.4. The average Bonchev–Trinajstić information content (AvgIpc) is 2.45. The van der Waals surface area contributed by atoms with Gasteiger partial charge in [-0.2, -0.15) is 0 Å². The summed E-state index contributed by atoms with van der Waals surface area (Å²) in [6.07, 6.45) is 1.64. The number of carbonyl (C=O) groups excluding carboxylic acids is 1. The topological polar surface area (TPSA) is 87.9 Å². The van der Waals surface area contributed by atoms with Gasteiger partial charge in [0.25, 0.3) is 0 Å². The van der Waals surface area contributed by atoms with Crippen LogP contribution in [0.15, 0.2) is 30.1 Å². The Hall–Kier alpha value is -1.46. The van der Waals surface area contributed by atoms with E-state index in [0.717, 1.165) is 11.1 Å². The van der Waals surface area contributed by atoms with E-state index in [1.165, 1.54) is 20.0 Å². The van der Waals surface area contributed by atoms with E-state index >= 15 is 0 Å². The van der Waals surface area contributed by atoms with E-state index in [2.05, 4.69) is 0 Å². The maximum Gasteiger partial charge on any atom is 0.353 e. The van der Waals surface area contributed by atoms with E-state index in [-0.39, 0.29) is 13.2 Å². The maximum absolute atomic E-state index is 11.8. The molecule has 1 amide bonds. The highest BCUT2D eigenvalue weighted by atomic mass is 31.2. The molecule has 0 aliphatic heterocycles. The zero-order chi connectivity index (χ0) is 15.0. The van der Waals surface area contributed by atoms with Crippen LogP contribution in [0.5, 0.6) is 0 Å². The molecule has 20 heavy (non-hydrogen) atoms. The first-order chi connectivity index (χ1) is 9.49. The zero-order valence-corrected chi connectivity index (χ0v) is 12.3. The second kappa shape index (κ2) is 7.97. The van der Waals surface area contributed by atoms with Gasteiger partial charge in [0.1, 0.15) is 6.61 Å². The van der Waals surface area contributed by atoms with E-state index < -0.39 is 13.5 Å². The van der Waals surface area contributed by atoms with Crippen LogP contribution in [0, 0.1) is 0 Å². The average molecular weight is 299 g/mol. The Morgan fingerprint density at radius 3 is 2.65 bits per heavy atom. The first-order valence-electron chi connectivity index (χ1n) is 5.84. The lowest BCUT2D eigenvalue weighted by Crippen LogP contribution is -2.17. The minimum atomic E-state index is -3.17. The lowest BCUT2D eigenvalue weighted by atomic mass is 10.1. The summed E-state index contributed by atoms with van der Waals surface area (Å²) in [7, 11) is -0.525. The van der Waals surface area contributed by atoms with Gasteiger partial charge in [0.15, 0.2) is 0 Å². The molecule has 0 aliphatic carbocycles. The van der Waals surface area contributed by atoms with Crippen molar-refractivity contribution < 1.29 is 23.1 Å². The van der Waals surface area contributed by atoms with Crippen molar-refractivity contribution in [1.82, 2.24) is 0 Å². The Morgan fingerprint density at radius 2 is 2.05 bits per heavy atom. The van der Waals surface area contributed by atoms with Gasteiger partial charge in [-0.3, -0.25) is 9.36 Å². The van der Waals surface area contributed by atoms with Crippen LogP contribution in [-0.4, -0.2) is 26.7 Å². The molecule has 7 heteroatoms. The van der Waals surface area contributed by atoms with Crippen LogP contribution in [-0.2, 0) is 29.8 Å². The van der Waals surface area contributed by atoms with Crippen LogP contribution in [0.3, 0.4) is 0 Å². The molecule has 0 aromatic heterocycles. The van der Waals surface area contributed by atoms with Gasteiger partial charge in [-0.15, -0.1) is 0 Å². The molecule has 1 aromatic carbocycles. The molecular formula is C13H18NO5P. The third-order valence-corrected chi connectivity index (χ3v) is 3.95. The predicted molar refractivity (Wildman–Crippen MR) is 76.0 cm³/mol. The molecule has 0 saturated carbocycles. The highest BCUT2D eigenvalue weighted by molar-refractivity contribution is 7.57. The molecule has 6 nitrogen and oxygen atoms in total. The number of benzene rings is 1. The molecule has 1 rings (SSSR count). The van der Waals surface area contributed by atoms with E-state index in [9.17, 15) is 9.36 Å². The molecule has 0 atom stereocenters. The van der Waals surface area contributed by atoms with Crippen molar-refractivity contribution in [2.45, 2.75) is 6.61 Å². The first-order valence-corrected chi connectivity index (χ1v) is 7.45. The van der Waals surface area contributed by atoms with E-state index in [0.29, 0.717) is 0 Å². The fourth-order valence-electron chi connectivity index (χ4n) is 1.43. The fourth-order valence-corrected chi connectivity index (χ4v) is 2.18. The quantitative estimate of drug-likeness (QED) is 0.743. The number of hydrogen-bond donors (Lipinski definition) is 1. The number of nitrogens with two attached hydrogens (primary N) is 1. The molecule has 0 unspecified atom stereocenters. The van der Waals surface area contributed by atoms with E-state index in [1.807, 2.05) is 24.3 Å². The Kier molecular flexibility index (Phi) is 6.61. The lowest BCUT2D eigenvalue weighted by Gasteiger charge is -2.08. The largest absolute Gasteiger partial charge is 0.368 e. The normalized spacial score (nSPS) is 11.9. The second-order valence-electron chi connectivity index (χ2n) is 3.92. The molecule has 0 radical (unpaired) electrons. The molecule has 0 fully saturated rings. The molecule has 0 aliphatic rings. The number of hydrogen-bond acceptors (Lipinski definition) is 5. The van der Waals surface area contributed by atoms with Gasteiger partial charge in [0.05, 0.1) is 6.61 Å². The molecule has 0 heterocycles. The van der Waals surface area contributed by atoms with Gasteiger partial charge in [-0.05, 0) is 23.3 Å². The van der Waals surface area contributed by atoms with Gasteiger partial charge >= 0.3 is 7.60 Å². The van der Waals surface area contributed by atoms with Crippen molar-refractivity contribution in [3.05, 3.63) is 41.2 Å². The Morgan fingerprint density at radius 1 is 1.35 bits per heavy atom. The van der Waals surface area contributed by atoms with Crippen molar-refractivity contribution in [3.63, 3.8) is 0 Å². The van der Waals surface area contributed by atoms with Gasteiger partial charge < -0.3 is 19.5 Å². The van der Waals surface area contributed by atoms with Crippen molar-refractivity contribution in [2.75, 3.05) is 20.8 Å². The third-order valence-electron chi connectivity index (χ3n) is 2.42. The summed E-state index contributed by atoms with van der Waals surface area (Å²) in [6.45, 7) is 0.152. The molecular weight excluding hydrogens is 281 g/mol. The second-order valence-corrected chi connectivity index (χ2v) is 6.03. The van der Waals surface area contributed by atoms with Crippen LogP contribution in [0.4, 0.5) is 0 Å². The van der Waals surface area contributed by atoms with Crippen LogP contribution < -0.4 is 5.73 Å². The van der Waals surface area contributed by atoms with Crippen molar-refractivity contribution in [2.24, 2.45) is 5.73 Å². The minimum Gasteiger partial charge on any atom is -0.368 e. The van der Waals surface area contributed by atoms with E-state index in [4.69, 9.17) is 19.5 Å². The first kappa shape index (κ1) is 16.6. The summed E-state index contributed by atoms with van der Waals surface area (Å²) in [4.78, 5) is 10.6. The van der Waals surface area contributed by atoms with Crippen molar-refractivity contribution >= 4 is 19.6 Å². The lowest BCUT2D eigenvalue weighted by molar-refractivity contribution is -0.122. The predicted octanol–water partition coefficient (Wildman–Crippen LogP) is 2.15. The molecule has 110 valence electrons. The molecule has 1 aromatic rings. The summed E-state index contributed by atoms with van der Waals surface area (Å²) < 4.78 is 26.6. The highest BCUT2D eigenvalue weighted by Crippen LogP contribution is 2.48. The number of ether oxygens (including phenoxy) is 1. The van der Waals surface area contributed by atoms with Crippen LogP contribution >= 0.6 is 7.60 Å². The van der Waals surface area contributed by atoms with Gasteiger partial charge in [0, 0.05) is 20.0 Å². The molecule has 2 N–H and O–H groups in total. The smallest absolute Gasteiger partial charge is 0.353 e. The van der Waals surface area contributed by atoms with Crippen LogP contribution in [0.1, 0.15) is 11.1 Å². The minimum absolute atomic E-state index is 0.122. The number of rotatable bonds is 8. The molecule has 0 spiro atoms. The maximum atomic E-state index is 11.8. The Balaban J connectivity index is 2.70. The number of primary amides is 1. The third kappa shape index (κ3) is 5.67. The van der Waals surface area contributed by atoms with Crippen LogP contribution in [0.2, 0.25) is 0 Å². The monoisotopic (exact) mass is 299 g/mol.